The Bertz CT molecular complexity index is 785. The van der Waals surface area contributed by atoms with E-state index in [0.29, 0.717) is 17.7 Å². The van der Waals surface area contributed by atoms with Gasteiger partial charge in [-0.1, -0.05) is 41.6 Å². The summed E-state index contributed by atoms with van der Waals surface area (Å²) in [4.78, 5) is 12.3. The van der Waals surface area contributed by atoms with Crippen LogP contribution in [0, 0.1) is 6.92 Å². The fourth-order valence-corrected chi connectivity index (χ4v) is 3.71. The molecule has 1 aliphatic rings. The lowest BCUT2D eigenvalue weighted by atomic mass is 9.97. The van der Waals surface area contributed by atoms with E-state index in [1.54, 1.807) is 0 Å². The van der Waals surface area contributed by atoms with Gasteiger partial charge in [0.15, 0.2) is 0 Å². The quantitative estimate of drug-likeness (QED) is 0.572. The van der Waals surface area contributed by atoms with Crippen molar-refractivity contribution in [3.05, 3.63) is 41.5 Å². The van der Waals surface area contributed by atoms with Crippen LogP contribution in [-0.2, 0) is 4.79 Å². The Balaban J connectivity index is 1.50. The first-order chi connectivity index (χ1) is 12.6. The molecule has 0 spiro atoms. The number of aryl methyl sites for hydroxylation is 1. The predicted molar refractivity (Wildman–Crippen MR) is 104 cm³/mol. The molecule has 1 N–H and O–H groups in total. The number of amides is 1. The van der Waals surface area contributed by atoms with E-state index in [1.807, 2.05) is 38.1 Å². The maximum atomic E-state index is 12.3. The number of hydrogen-bond donors (Lipinski definition) is 1. The normalized spacial score (nSPS) is 15.4. The van der Waals surface area contributed by atoms with Crippen molar-refractivity contribution in [1.82, 2.24) is 15.5 Å². The molecule has 1 aromatic carbocycles. The Morgan fingerprint density at radius 3 is 2.92 bits per heavy atom. The summed E-state index contributed by atoms with van der Waals surface area (Å²) in [6.45, 7) is 4.55. The van der Waals surface area contributed by atoms with Gasteiger partial charge in [0, 0.05) is 12.1 Å². The van der Waals surface area contributed by atoms with Gasteiger partial charge in [-0.2, -0.15) is 0 Å². The summed E-state index contributed by atoms with van der Waals surface area (Å²) in [6.07, 6.45) is 8.17. The molecule has 0 saturated heterocycles. The average Bonchev–Trinajstić information content (AvgIpc) is 3.11. The van der Waals surface area contributed by atoms with E-state index in [-0.39, 0.29) is 11.2 Å². The molecule has 0 fully saturated rings. The van der Waals surface area contributed by atoms with Crippen LogP contribution in [0.2, 0.25) is 0 Å². The third-order valence-corrected chi connectivity index (χ3v) is 5.49. The Morgan fingerprint density at radius 2 is 2.15 bits per heavy atom. The van der Waals surface area contributed by atoms with Crippen LogP contribution in [0.25, 0.3) is 11.5 Å². The van der Waals surface area contributed by atoms with Crippen molar-refractivity contribution in [2.75, 3.05) is 6.54 Å². The third kappa shape index (κ3) is 4.97. The van der Waals surface area contributed by atoms with E-state index in [2.05, 4.69) is 21.6 Å². The Hall–Kier alpha value is -2.08. The lowest BCUT2D eigenvalue weighted by Crippen LogP contribution is -2.31. The fourth-order valence-electron chi connectivity index (χ4n) is 3.01. The number of allylic oxidation sites excluding steroid dienone is 1. The standard InChI is InChI=1S/C20H25N3O2S/c1-14-8-6-7-11-17(14)19-22-23-20(25-19)26-15(2)18(24)21-13-12-16-9-4-3-5-10-16/h6-9,11,15H,3-5,10,12-13H2,1-2H3,(H,21,24). The van der Waals surface area contributed by atoms with E-state index < -0.39 is 0 Å². The molecule has 1 aliphatic carbocycles. The highest BCUT2D eigenvalue weighted by Gasteiger charge is 2.19. The molecule has 138 valence electrons. The van der Waals surface area contributed by atoms with Gasteiger partial charge in [0.2, 0.25) is 11.8 Å². The number of carbonyl (C=O) groups is 1. The number of thioether (sulfide) groups is 1. The summed E-state index contributed by atoms with van der Waals surface area (Å²) in [7, 11) is 0. The molecule has 0 bridgehead atoms. The predicted octanol–water partition coefficient (Wildman–Crippen LogP) is 4.53. The van der Waals surface area contributed by atoms with Gasteiger partial charge < -0.3 is 9.73 Å². The highest BCUT2D eigenvalue weighted by atomic mass is 32.2. The number of nitrogens with one attached hydrogen (secondary N) is 1. The first-order valence-electron chi connectivity index (χ1n) is 9.15. The summed E-state index contributed by atoms with van der Waals surface area (Å²) in [5.41, 5.74) is 3.47. The third-order valence-electron chi connectivity index (χ3n) is 4.56. The molecule has 1 heterocycles. The molecular weight excluding hydrogens is 346 g/mol. The van der Waals surface area contributed by atoms with Crippen LogP contribution >= 0.6 is 11.8 Å². The number of rotatable bonds is 7. The van der Waals surface area contributed by atoms with Crippen LogP contribution in [0.15, 0.2) is 45.6 Å². The van der Waals surface area contributed by atoms with Crippen LogP contribution in [0.1, 0.15) is 44.6 Å². The van der Waals surface area contributed by atoms with Crippen LogP contribution in [0.3, 0.4) is 0 Å². The van der Waals surface area contributed by atoms with Gasteiger partial charge in [0.1, 0.15) is 0 Å². The number of aromatic nitrogens is 2. The zero-order valence-electron chi connectivity index (χ0n) is 15.3. The van der Waals surface area contributed by atoms with Crippen LogP contribution in [-0.4, -0.2) is 27.9 Å². The van der Waals surface area contributed by atoms with Crippen molar-refractivity contribution in [1.29, 1.82) is 0 Å². The molecule has 26 heavy (non-hydrogen) atoms. The molecule has 1 aromatic heterocycles. The molecule has 1 unspecified atom stereocenters. The minimum Gasteiger partial charge on any atom is -0.411 e. The van der Waals surface area contributed by atoms with Crippen molar-refractivity contribution >= 4 is 17.7 Å². The highest BCUT2D eigenvalue weighted by Crippen LogP contribution is 2.27. The second-order valence-electron chi connectivity index (χ2n) is 6.60. The average molecular weight is 372 g/mol. The summed E-state index contributed by atoms with van der Waals surface area (Å²) >= 11 is 1.29. The maximum absolute atomic E-state index is 12.3. The molecule has 1 amide bonds. The Kier molecular flexibility index (Phi) is 6.50. The second-order valence-corrected chi connectivity index (χ2v) is 7.89. The molecule has 0 aliphatic heterocycles. The zero-order chi connectivity index (χ0) is 18.4. The van der Waals surface area contributed by atoms with Gasteiger partial charge in [-0.05, 0) is 57.6 Å². The molecule has 2 aromatic rings. The first kappa shape index (κ1) is 18.7. The van der Waals surface area contributed by atoms with Crippen molar-refractivity contribution < 1.29 is 9.21 Å². The summed E-state index contributed by atoms with van der Waals surface area (Å²) < 4.78 is 5.72. The van der Waals surface area contributed by atoms with E-state index in [4.69, 9.17) is 4.42 Å². The lowest BCUT2D eigenvalue weighted by molar-refractivity contribution is -0.120. The SMILES string of the molecule is Cc1ccccc1-c1nnc(SC(C)C(=O)NCCC2=CCCCC2)o1. The molecule has 3 rings (SSSR count). The number of benzene rings is 1. The molecule has 1 atom stereocenters. The molecule has 6 heteroatoms. The first-order valence-corrected chi connectivity index (χ1v) is 10.0. The number of hydrogen-bond acceptors (Lipinski definition) is 5. The number of carbonyl (C=O) groups excluding carboxylic acids is 1. The van der Waals surface area contributed by atoms with Crippen LogP contribution < -0.4 is 5.32 Å². The zero-order valence-corrected chi connectivity index (χ0v) is 16.1. The van der Waals surface area contributed by atoms with Gasteiger partial charge in [-0.3, -0.25) is 4.79 Å². The lowest BCUT2D eigenvalue weighted by Gasteiger charge is -2.14. The van der Waals surface area contributed by atoms with Gasteiger partial charge in [-0.25, -0.2) is 0 Å². The smallest absolute Gasteiger partial charge is 0.277 e. The van der Waals surface area contributed by atoms with E-state index >= 15 is 0 Å². The second kappa shape index (κ2) is 9.03. The van der Waals surface area contributed by atoms with Crippen molar-refractivity contribution in [2.24, 2.45) is 0 Å². The molecule has 0 radical (unpaired) electrons. The van der Waals surface area contributed by atoms with E-state index in [0.717, 1.165) is 17.5 Å². The van der Waals surface area contributed by atoms with Crippen LogP contribution in [0.5, 0.6) is 0 Å². The highest BCUT2D eigenvalue weighted by molar-refractivity contribution is 8.00. The molecular formula is C20H25N3O2S. The molecule has 0 saturated carbocycles. The van der Waals surface area contributed by atoms with Crippen molar-refractivity contribution in [3.8, 4) is 11.5 Å². The summed E-state index contributed by atoms with van der Waals surface area (Å²) in [6, 6.07) is 7.87. The fraction of sp³-hybridized carbons (Fsp3) is 0.450. The maximum Gasteiger partial charge on any atom is 0.277 e. The van der Waals surface area contributed by atoms with Gasteiger partial charge in [0.05, 0.1) is 5.25 Å². The monoisotopic (exact) mass is 371 g/mol. The van der Waals surface area contributed by atoms with Gasteiger partial charge >= 0.3 is 0 Å². The largest absolute Gasteiger partial charge is 0.411 e. The Morgan fingerprint density at radius 1 is 1.31 bits per heavy atom. The van der Waals surface area contributed by atoms with Crippen molar-refractivity contribution in [3.63, 3.8) is 0 Å². The minimum atomic E-state index is -0.277. The van der Waals surface area contributed by atoms with E-state index in [9.17, 15) is 4.79 Å². The Labute approximate surface area is 158 Å². The number of nitrogens with zero attached hydrogens (tertiary/aromatic N) is 2. The summed E-state index contributed by atoms with van der Waals surface area (Å²) in [5, 5.41) is 11.3. The minimum absolute atomic E-state index is 0.00190. The van der Waals surface area contributed by atoms with Crippen molar-refractivity contribution in [2.45, 2.75) is 56.4 Å². The van der Waals surface area contributed by atoms with Crippen LogP contribution in [0.4, 0.5) is 0 Å². The summed E-state index contributed by atoms with van der Waals surface area (Å²) in [5.74, 6) is 0.490. The topological polar surface area (TPSA) is 68.0 Å². The van der Waals surface area contributed by atoms with Gasteiger partial charge in [-0.15, -0.1) is 10.2 Å². The van der Waals surface area contributed by atoms with E-state index in [1.165, 1.54) is 43.0 Å². The molecule has 5 nitrogen and oxygen atoms in total. The van der Waals surface area contributed by atoms with Gasteiger partial charge in [0.25, 0.3) is 5.22 Å².